The molecule has 0 aliphatic heterocycles. The van der Waals surface area contributed by atoms with Crippen LogP contribution in [0.2, 0.25) is 0 Å². The van der Waals surface area contributed by atoms with E-state index in [1.807, 2.05) is 0 Å². The van der Waals surface area contributed by atoms with Crippen LogP contribution in [-0.2, 0) is 21.7 Å². The molecule has 0 fully saturated rings. The van der Waals surface area contributed by atoms with Crippen molar-refractivity contribution in [1.29, 1.82) is 0 Å². The van der Waals surface area contributed by atoms with Crippen molar-refractivity contribution in [2.45, 2.75) is 20.8 Å². The molecular formula is C6H16ClTi. The molecule has 0 unspecified atom stereocenters. The Morgan fingerprint density at radius 3 is 0.625 bits per heavy atom. The van der Waals surface area contributed by atoms with Crippen molar-refractivity contribution in [3.8, 4) is 0 Å². The van der Waals surface area contributed by atoms with E-state index in [1.54, 1.807) is 20.8 Å². The third kappa shape index (κ3) is 250. The molecule has 0 spiro atoms. The fourth-order valence-electron chi connectivity index (χ4n) is 0. The molecule has 0 aromatic heterocycles. The first-order chi connectivity index (χ1) is 3.00. The zero-order chi connectivity index (χ0) is 6.00. The Labute approximate surface area is 75.7 Å². The van der Waals surface area contributed by atoms with Gasteiger partial charge in [0.05, 0.1) is 0 Å². The molecule has 8 heavy (non-hydrogen) atoms. The van der Waals surface area contributed by atoms with E-state index in [1.165, 1.54) is 0 Å². The van der Waals surface area contributed by atoms with E-state index in [0.717, 1.165) is 0 Å². The summed E-state index contributed by atoms with van der Waals surface area (Å²) < 4.78 is 0. The Kier molecular flexibility index (Phi) is 1750. The molecule has 0 saturated heterocycles. The topological polar surface area (TPSA) is 0 Å². The van der Waals surface area contributed by atoms with Gasteiger partial charge in [0, 0.05) is 0 Å². The maximum absolute atomic E-state index is 3.25. The first-order valence-corrected chi connectivity index (χ1v) is 2.12. The predicted octanol–water partition coefficient (Wildman–Crippen LogP) is 2.94. The van der Waals surface area contributed by atoms with Gasteiger partial charge >= 0.3 is 21.7 Å². The molecule has 0 heterocycles. The van der Waals surface area contributed by atoms with E-state index < -0.39 is 0 Å². The van der Waals surface area contributed by atoms with E-state index in [0.29, 0.717) is 0 Å². The Morgan fingerprint density at radius 1 is 0.625 bits per heavy atom. The summed E-state index contributed by atoms with van der Waals surface area (Å²) in [5.74, 6) is 0. The molecule has 0 atom stereocenters. The molecule has 0 bridgehead atoms. The maximum Gasteiger partial charge on any atom is 3.00 e. The molecule has 0 saturated carbocycles. The normalized spacial score (nSPS) is 2.25. The molecule has 2 heteroatoms. The summed E-state index contributed by atoms with van der Waals surface area (Å²) in [5.41, 5.74) is 0. The average molecular weight is 172 g/mol. The monoisotopic (exact) mass is 171 g/mol. The molecule has 51 valence electrons. The molecule has 0 aliphatic carbocycles. The fourth-order valence-corrected chi connectivity index (χ4v) is 0. The van der Waals surface area contributed by atoms with E-state index in [4.69, 9.17) is 0 Å². The van der Waals surface area contributed by atoms with Crippen LogP contribution in [0.4, 0.5) is 0 Å². The predicted molar refractivity (Wildman–Crippen MR) is 40.3 cm³/mol. The van der Waals surface area contributed by atoms with Crippen LogP contribution in [0.3, 0.4) is 0 Å². The van der Waals surface area contributed by atoms with Gasteiger partial charge in [-0.3, -0.25) is 0 Å². The molecule has 0 aliphatic rings. The Hall–Kier alpha value is 1.00. The minimum absolute atomic E-state index is 0. The van der Waals surface area contributed by atoms with Crippen molar-refractivity contribution in [3.63, 3.8) is 0 Å². The zero-order valence-electron chi connectivity index (χ0n) is 6.03. The van der Waals surface area contributed by atoms with Gasteiger partial charge in [-0.25, -0.2) is 0 Å². The third-order valence-electron chi connectivity index (χ3n) is 0. The van der Waals surface area contributed by atoms with E-state index >= 15 is 0 Å². The van der Waals surface area contributed by atoms with Crippen LogP contribution in [0.5, 0.6) is 0 Å². The summed E-state index contributed by atoms with van der Waals surface area (Å²) in [6.45, 7) is 15.0. The van der Waals surface area contributed by atoms with Crippen molar-refractivity contribution in [1.82, 2.24) is 0 Å². The maximum atomic E-state index is 3.25. The standard InChI is InChI=1S/3C2H5.ClH.Ti/c3*1-2;;/h3*1H2,2H3;1H;/q3*-1;;+3. The summed E-state index contributed by atoms with van der Waals surface area (Å²) in [5, 5.41) is 0. The van der Waals surface area contributed by atoms with Crippen LogP contribution in [0.1, 0.15) is 20.8 Å². The SMILES string of the molecule is Cl.[CH2-]C.[CH2-]C.[CH2-]C.[Ti+3]. The largest absolute Gasteiger partial charge is 3.00 e. The summed E-state index contributed by atoms with van der Waals surface area (Å²) >= 11 is 0. The minimum atomic E-state index is 0. The van der Waals surface area contributed by atoms with Gasteiger partial charge in [-0.05, 0) is 0 Å². The number of hydrogen-bond donors (Lipinski definition) is 0. The first kappa shape index (κ1) is 36.0. The summed E-state index contributed by atoms with van der Waals surface area (Å²) in [6, 6.07) is 0. The van der Waals surface area contributed by atoms with Gasteiger partial charge in [-0.1, -0.05) is 0 Å². The smallest absolute Gasteiger partial charge is 0.346 e. The average Bonchev–Trinajstić information content (AvgIpc) is 1.81. The number of hydrogen-bond acceptors (Lipinski definition) is 0. The summed E-state index contributed by atoms with van der Waals surface area (Å²) in [6.07, 6.45) is 0. The molecule has 0 aromatic carbocycles. The van der Waals surface area contributed by atoms with Crippen LogP contribution in [0.15, 0.2) is 0 Å². The van der Waals surface area contributed by atoms with Crippen LogP contribution in [0, 0.1) is 20.8 Å². The van der Waals surface area contributed by atoms with Gasteiger partial charge in [0.2, 0.25) is 0 Å². The van der Waals surface area contributed by atoms with Crippen molar-refractivity contribution in [2.75, 3.05) is 0 Å². The molecular weight excluding hydrogens is 155 g/mol. The number of halogens is 1. The molecule has 1 radical (unpaired) electrons. The van der Waals surface area contributed by atoms with Crippen LogP contribution in [0.25, 0.3) is 0 Å². The second-order valence-electron chi connectivity index (χ2n) is 0. The fraction of sp³-hybridized carbons (Fsp3) is 0.500. The van der Waals surface area contributed by atoms with E-state index in [-0.39, 0.29) is 34.1 Å². The van der Waals surface area contributed by atoms with Gasteiger partial charge in [0.1, 0.15) is 0 Å². The minimum Gasteiger partial charge on any atom is -0.346 e. The molecule has 0 nitrogen and oxygen atoms in total. The van der Waals surface area contributed by atoms with Gasteiger partial charge < -0.3 is 20.8 Å². The van der Waals surface area contributed by atoms with Crippen LogP contribution < -0.4 is 0 Å². The second-order valence-corrected chi connectivity index (χ2v) is 0. The van der Waals surface area contributed by atoms with Crippen LogP contribution >= 0.6 is 12.4 Å². The van der Waals surface area contributed by atoms with Gasteiger partial charge in [0.25, 0.3) is 0 Å². The van der Waals surface area contributed by atoms with Crippen molar-refractivity contribution >= 4 is 12.4 Å². The van der Waals surface area contributed by atoms with Gasteiger partial charge in [0.15, 0.2) is 0 Å². The molecule has 0 amide bonds. The molecule has 0 rings (SSSR count). The number of rotatable bonds is 0. The Balaban J connectivity index is -0.00000000500. The van der Waals surface area contributed by atoms with E-state index in [9.17, 15) is 0 Å². The quantitative estimate of drug-likeness (QED) is 0.388. The van der Waals surface area contributed by atoms with Gasteiger partial charge in [-0.15, -0.1) is 12.4 Å². The van der Waals surface area contributed by atoms with Crippen molar-refractivity contribution < 1.29 is 21.7 Å². The molecule has 0 aromatic rings. The first-order valence-electron chi connectivity index (χ1n) is 2.12. The Morgan fingerprint density at radius 2 is 0.625 bits per heavy atom. The van der Waals surface area contributed by atoms with Crippen molar-refractivity contribution in [2.24, 2.45) is 0 Å². The van der Waals surface area contributed by atoms with Crippen molar-refractivity contribution in [3.05, 3.63) is 20.8 Å². The third-order valence-corrected chi connectivity index (χ3v) is 0. The summed E-state index contributed by atoms with van der Waals surface area (Å²) in [7, 11) is 0. The summed E-state index contributed by atoms with van der Waals surface area (Å²) in [4.78, 5) is 0. The second kappa shape index (κ2) is 389. The van der Waals surface area contributed by atoms with E-state index in [2.05, 4.69) is 20.8 Å². The zero-order valence-corrected chi connectivity index (χ0v) is 8.41. The molecule has 0 N–H and O–H groups in total. The van der Waals surface area contributed by atoms with Crippen LogP contribution in [-0.4, -0.2) is 0 Å². The Bertz CT molecular complexity index is 8.49. The van der Waals surface area contributed by atoms with Gasteiger partial charge in [-0.2, -0.15) is 20.8 Å².